The van der Waals surface area contributed by atoms with Crippen LogP contribution in [0.1, 0.15) is 20.3 Å². The number of nitrogens with one attached hydrogen (secondary N) is 1. The summed E-state index contributed by atoms with van der Waals surface area (Å²) >= 11 is 0. The summed E-state index contributed by atoms with van der Waals surface area (Å²) in [7, 11) is -3.39. The van der Waals surface area contributed by atoms with Crippen LogP contribution in [0.3, 0.4) is 0 Å². The lowest BCUT2D eigenvalue weighted by Crippen LogP contribution is -2.36. The highest BCUT2D eigenvalue weighted by molar-refractivity contribution is 7.90. The summed E-state index contributed by atoms with van der Waals surface area (Å²) in [6.45, 7) is 3.99. The van der Waals surface area contributed by atoms with Gasteiger partial charge in [-0.3, -0.25) is 4.79 Å². The molecule has 0 aliphatic rings. The third-order valence-corrected chi connectivity index (χ3v) is 4.57. The van der Waals surface area contributed by atoms with E-state index in [1.165, 1.54) is 16.9 Å². The van der Waals surface area contributed by atoms with Crippen molar-refractivity contribution in [2.45, 2.75) is 31.2 Å². The van der Waals surface area contributed by atoms with Gasteiger partial charge in [0.1, 0.15) is 0 Å². The van der Waals surface area contributed by atoms with Crippen molar-refractivity contribution in [2.24, 2.45) is 11.7 Å². The molecule has 0 aliphatic heterocycles. The topological polar surface area (TPSA) is 107 Å². The molecule has 130 valence electrons. The molecule has 1 atom stereocenters. The van der Waals surface area contributed by atoms with E-state index in [0.717, 1.165) is 6.26 Å². The highest BCUT2D eigenvalue weighted by Gasteiger charge is 2.17. The van der Waals surface area contributed by atoms with E-state index >= 15 is 0 Å². The number of nitrogens with two attached hydrogens (primary N) is 1. The fourth-order valence-electron chi connectivity index (χ4n) is 2.33. The summed E-state index contributed by atoms with van der Waals surface area (Å²) < 4.78 is 25.2. The summed E-state index contributed by atoms with van der Waals surface area (Å²) in [6, 6.07) is 5.94. The Labute approximate surface area is 141 Å². The second kappa shape index (κ2) is 7.14. The predicted octanol–water partition coefficient (Wildman–Crippen LogP) is 1.59. The Kier molecular flexibility index (Phi) is 5.40. The summed E-state index contributed by atoms with van der Waals surface area (Å²) in [4.78, 5) is 12.2. The zero-order valence-corrected chi connectivity index (χ0v) is 14.7. The average Bonchev–Trinajstić information content (AvgIpc) is 2.94. The number of nitrogens with zero attached hydrogens (tertiary/aromatic N) is 2. The second-order valence-corrected chi connectivity index (χ2v) is 8.12. The fraction of sp³-hybridized carbons (Fsp3) is 0.375. The van der Waals surface area contributed by atoms with Crippen molar-refractivity contribution in [2.75, 3.05) is 11.6 Å². The lowest BCUT2D eigenvalue weighted by Gasteiger charge is -2.13. The van der Waals surface area contributed by atoms with Gasteiger partial charge in [-0.2, -0.15) is 5.10 Å². The predicted molar refractivity (Wildman–Crippen MR) is 92.7 cm³/mol. The molecule has 0 bridgehead atoms. The van der Waals surface area contributed by atoms with Crippen molar-refractivity contribution < 1.29 is 13.2 Å². The first-order chi connectivity index (χ1) is 11.2. The Morgan fingerprint density at radius 3 is 2.62 bits per heavy atom. The number of hydrogen-bond acceptors (Lipinski definition) is 5. The first kappa shape index (κ1) is 18.2. The van der Waals surface area contributed by atoms with Gasteiger partial charge in [-0.1, -0.05) is 26.0 Å². The van der Waals surface area contributed by atoms with E-state index in [1.807, 2.05) is 13.8 Å². The molecule has 0 saturated heterocycles. The third-order valence-electron chi connectivity index (χ3n) is 3.42. The molecular formula is C16H22N4O3S. The van der Waals surface area contributed by atoms with Gasteiger partial charge in [-0.15, -0.1) is 0 Å². The smallest absolute Gasteiger partial charge is 0.241 e. The van der Waals surface area contributed by atoms with Crippen molar-refractivity contribution in [1.29, 1.82) is 0 Å². The van der Waals surface area contributed by atoms with Gasteiger partial charge in [0.15, 0.2) is 9.84 Å². The number of amides is 1. The van der Waals surface area contributed by atoms with Crippen LogP contribution in [0.4, 0.5) is 5.69 Å². The van der Waals surface area contributed by atoms with Crippen LogP contribution in [0.2, 0.25) is 0 Å². The van der Waals surface area contributed by atoms with Crippen molar-refractivity contribution in [3.8, 4) is 5.69 Å². The molecule has 0 spiro atoms. The number of carbonyl (C=O) groups excluding carboxylic acids is 1. The van der Waals surface area contributed by atoms with Gasteiger partial charge in [0.2, 0.25) is 5.91 Å². The number of sulfone groups is 1. The number of anilines is 1. The Morgan fingerprint density at radius 2 is 2.00 bits per heavy atom. The lowest BCUT2D eigenvalue weighted by atomic mass is 10.0. The minimum atomic E-state index is -3.39. The van der Waals surface area contributed by atoms with Crippen LogP contribution < -0.4 is 11.1 Å². The fourth-order valence-corrected chi connectivity index (χ4v) is 3.20. The molecule has 1 aromatic carbocycles. The summed E-state index contributed by atoms with van der Waals surface area (Å²) in [5.74, 6) is 0.0229. The highest BCUT2D eigenvalue weighted by atomic mass is 32.2. The molecule has 0 unspecified atom stereocenters. The van der Waals surface area contributed by atoms with Gasteiger partial charge in [0.05, 0.1) is 34.7 Å². The normalized spacial score (nSPS) is 13.0. The number of para-hydroxylation sites is 1. The molecule has 0 aliphatic carbocycles. The third kappa shape index (κ3) is 4.42. The van der Waals surface area contributed by atoms with Crippen LogP contribution in [0.15, 0.2) is 41.6 Å². The maximum atomic E-state index is 12.1. The molecule has 8 heteroatoms. The van der Waals surface area contributed by atoms with E-state index in [4.69, 9.17) is 5.73 Å². The molecule has 1 amide bonds. The molecule has 2 aromatic rings. The second-order valence-electron chi connectivity index (χ2n) is 6.14. The van der Waals surface area contributed by atoms with Crippen LogP contribution in [0, 0.1) is 5.92 Å². The summed E-state index contributed by atoms with van der Waals surface area (Å²) in [6.07, 6.45) is 4.74. The van der Waals surface area contributed by atoms with E-state index in [2.05, 4.69) is 10.4 Å². The molecule has 1 heterocycles. The maximum absolute atomic E-state index is 12.1. The highest BCUT2D eigenvalue weighted by Crippen LogP contribution is 2.20. The molecule has 24 heavy (non-hydrogen) atoms. The monoisotopic (exact) mass is 350 g/mol. The average molecular weight is 350 g/mol. The molecule has 3 N–H and O–H groups in total. The summed E-state index contributed by atoms with van der Waals surface area (Å²) in [5.41, 5.74) is 6.73. The van der Waals surface area contributed by atoms with Crippen molar-refractivity contribution in [3.63, 3.8) is 0 Å². The SMILES string of the molecule is CC(C)C[C@H](N)C(=O)Nc1cnn(-c2ccccc2S(C)(=O)=O)c1. The Morgan fingerprint density at radius 1 is 1.33 bits per heavy atom. The molecule has 7 nitrogen and oxygen atoms in total. The Hall–Kier alpha value is -2.19. The lowest BCUT2D eigenvalue weighted by molar-refractivity contribution is -0.117. The van der Waals surface area contributed by atoms with Crippen molar-refractivity contribution >= 4 is 21.4 Å². The number of hydrogen-bond donors (Lipinski definition) is 2. The Balaban J connectivity index is 2.22. The van der Waals surface area contributed by atoms with Crippen LogP contribution in [0.5, 0.6) is 0 Å². The molecule has 0 radical (unpaired) electrons. The van der Waals surface area contributed by atoms with Gasteiger partial charge in [-0.05, 0) is 24.5 Å². The first-order valence-corrected chi connectivity index (χ1v) is 9.48. The van der Waals surface area contributed by atoms with E-state index in [1.54, 1.807) is 24.4 Å². The van der Waals surface area contributed by atoms with Gasteiger partial charge >= 0.3 is 0 Å². The number of aromatic nitrogens is 2. The van der Waals surface area contributed by atoms with E-state index in [0.29, 0.717) is 23.7 Å². The molecule has 2 rings (SSSR count). The van der Waals surface area contributed by atoms with Crippen LogP contribution >= 0.6 is 0 Å². The van der Waals surface area contributed by atoms with E-state index in [9.17, 15) is 13.2 Å². The molecule has 0 fully saturated rings. The molecule has 0 saturated carbocycles. The van der Waals surface area contributed by atoms with E-state index in [-0.39, 0.29) is 10.8 Å². The van der Waals surface area contributed by atoms with Crippen molar-refractivity contribution in [3.05, 3.63) is 36.7 Å². The molecule has 1 aromatic heterocycles. The summed E-state index contributed by atoms with van der Waals surface area (Å²) in [5, 5.41) is 6.83. The Bertz CT molecular complexity index is 827. The van der Waals surface area contributed by atoms with Gasteiger partial charge < -0.3 is 11.1 Å². The standard InChI is InChI=1S/C16H22N4O3S/c1-11(2)8-13(17)16(21)19-12-9-18-20(10-12)14-6-4-5-7-15(14)24(3,22)23/h4-7,9-11,13H,8,17H2,1-3H3,(H,19,21)/t13-/m0/s1. The van der Waals surface area contributed by atoms with Gasteiger partial charge in [-0.25, -0.2) is 13.1 Å². The minimum Gasteiger partial charge on any atom is -0.322 e. The quantitative estimate of drug-likeness (QED) is 0.822. The number of benzene rings is 1. The number of carbonyl (C=O) groups is 1. The van der Waals surface area contributed by atoms with Gasteiger partial charge in [0, 0.05) is 6.26 Å². The zero-order valence-electron chi connectivity index (χ0n) is 13.9. The maximum Gasteiger partial charge on any atom is 0.241 e. The van der Waals surface area contributed by atoms with E-state index < -0.39 is 15.9 Å². The van der Waals surface area contributed by atoms with Crippen LogP contribution in [-0.2, 0) is 14.6 Å². The largest absolute Gasteiger partial charge is 0.322 e. The van der Waals surface area contributed by atoms with Gasteiger partial charge in [0.25, 0.3) is 0 Å². The number of rotatable bonds is 6. The van der Waals surface area contributed by atoms with Crippen LogP contribution in [0.25, 0.3) is 5.69 Å². The van der Waals surface area contributed by atoms with Crippen molar-refractivity contribution in [1.82, 2.24) is 9.78 Å². The van der Waals surface area contributed by atoms with Crippen LogP contribution in [-0.4, -0.2) is 36.4 Å². The first-order valence-electron chi connectivity index (χ1n) is 7.59. The minimum absolute atomic E-state index is 0.169. The zero-order chi connectivity index (χ0) is 17.9. The molecular weight excluding hydrogens is 328 g/mol.